The first-order chi connectivity index (χ1) is 6.97. The van der Waals surface area contributed by atoms with Crippen molar-refractivity contribution in [3.8, 4) is 0 Å². The molecule has 0 radical (unpaired) electrons. The van der Waals surface area contributed by atoms with Crippen LogP contribution in [0.15, 0.2) is 0 Å². The SMILES string of the molecule is CCOP(=S)(SC(C)CC)SC(C)CC. The summed E-state index contributed by atoms with van der Waals surface area (Å²) >= 11 is 9.46. The Kier molecular flexibility index (Phi) is 9.14. The summed E-state index contributed by atoms with van der Waals surface area (Å²) in [6, 6.07) is 0. The first-order valence-electron chi connectivity index (χ1n) is 5.58. The van der Waals surface area contributed by atoms with Crippen molar-refractivity contribution in [2.45, 2.75) is 58.0 Å². The molecule has 92 valence electrons. The van der Waals surface area contributed by atoms with Crippen LogP contribution in [0.25, 0.3) is 0 Å². The first-order valence-corrected chi connectivity index (χ1v) is 11.3. The molecule has 0 aliphatic heterocycles. The van der Waals surface area contributed by atoms with Crippen molar-refractivity contribution < 1.29 is 4.52 Å². The molecule has 0 N–H and O–H groups in total. The molecule has 5 heteroatoms. The lowest BCUT2D eigenvalue weighted by Gasteiger charge is -2.25. The van der Waals surface area contributed by atoms with Crippen LogP contribution in [0, 0.1) is 0 Å². The third-order valence-electron chi connectivity index (χ3n) is 2.06. The van der Waals surface area contributed by atoms with Crippen molar-refractivity contribution in [2.24, 2.45) is 0 Å². The lowest BCUT2D eigenvalue weighted by Crippen LogP contribution is -1.97. The highest BCUT2D eigenvalue weighted by Gasteiger charge is 2.24. The molecule has 0 spiro atoms. The molecule has 2 unspecified atom stereocenters. The third kappa shape index (κ3) is 7.27. The van der Waals surface area contributed by atoms with Crippen LogP contribution >= 0.6 is 27.4 Å². The van der Waals surface area contributed by atoms with Crippen molar-refractivity contribution in [2.75, 3.05) is 6.61 Å². The maximum Gasteiger partial charge on any atom is 0.175 e. The Morgan fingerprint density at radius 2 is 1.47 bits per heavy atom. The lowest BCUT2D eigenvalue weighted by molar-refractivity contribution is 0.393. The van der Waals surface area contributed by atoms with Crippen LogP contribution in [0.5, 0.6) is 0 Å². The van der Waals surface area contributed by atoms with Crippen molar-refractivity contribution in [1.82, 2.24) is 0 Å². The Morgan fingerprint density at radius 3 is 1.73 bits per heavy atom. The smallest absolute Gasteiger partial charge is 0.175 e. The molecule has 0 saturated heterocycles. The standard InChI is InChI=1S/C10H23OPS3/c1-6-9(4)14-12(13,11-8-3)15-10(5)7-2/h9-10H,6-8H2,1-5H3. The third-order valence-corrected chi connectivity index (χ3v) is 12.3. The molecule has 0 aromatic heterocycles. The van der Waals surface area contributed by atoms with E-state index in [1.807, 2.05) is 29.7 Å². The molecule has 0 fully saturated rings. The van der Waals surface area contributed by atoms with Crippen LogP contribution in [0.4, 0.5) is 0 Å². The Bertz CT molecular complexity index is 195. The van der Waals surface area contributed by atoms with E-state index in [4.69, 9.17) is 16.3 Å². The maximum absolute atomic E-state index is 5.83. The van der Waals surface area contributed by atoms with Crippen molar-refractivity contribution in [3.63, 3.8) is 0 Å². The van der Waals surface area contributed by atoms with Gasteiger partial charge in [-0.05, 0) is 31.6 Å². The van der Waals surface area contributed by atoms with Crippen LogP contribution in [-0.2, 0) is 16.3 Å². The van der Waals surface area contributed by atoms with Gasteiger partial charge in [0.15, 0.2) is 4.67 Å². The van der Waals surface area contributed by atoms with E-state index in [2.05, 4.69) is 27.7 Å². The molecule has 0 aromatic rings. The molecule has 0 aliphatic rings. The molecule has 2 atom stereocenters. The topological polar surface area (TPSA) is 9.23 Å². The number of rotatable bonds is 8. The van der Waals surface area contributed by atoms with E-state index in [1.54, 1.807) is 0 Å². The van der Waals surface area contributed by atoms with Gasteiger partial charge in [-0.15, -0.1) is 0 Å². The molecule has 0 bridgehead atoms. The van der Waals surface area contributed by atoms with E-state index >= 15 is 0 Å². The molecule has 15 heavy (non-hydrogen) atoms. The Morgan fingerprint density at radius 1 is 1.07 bits per heavy atom. The molecule has 1 nitrogen and oxygen atoms in total. The summed E-state index contributed by atoms with van der Waals surface area (Å²) in [5, 5.41) is 1.22. The van der Waals surface area contributed by atoms with Crippen LogP contribution in [0.2, 0.25) is 0 Å². The molecular weight excluding hydrogens is 263 g/mol. The van der Waals surface area contributed by atoms with Crippen molar-refractivity contribution in [1.29, 1.82) is 0 Å². The zero-order valence-electron chi connectivity index (χ0n) is 10.4. The average Bonchev–Trinajstić information content (AvgIpc) is 2.17. The molecule has 0 heterocycles. The molecule has 0 amide bonds. The van der Waals surface area contributed by atoms with Gasteiger partial charge in [-0.1, -0.05) is 50.5 Å². The van der Waals surface area contributed by atoms with Crippen LogP contribution in [0.1, 0.15) is 47.5 Å². The summed E-state index contributed by atoms with van der Waals surface area (Å²) in [4.78, 5) is 0. The predicted octanol–water partition coefficient (Wildman–Crippen LogP) is 5.31. The van der Waals surface area contributed by atoms with Gasteiger partial charge in [-0.2, -0.15) is 0 Å². The van der Waals surface area contributed by atoms with Gasteiger partial charge in [0.05, 0.1) is 6.61 Å². The quantitative estimate of drug-likeness (QED) is 0.559. The van der Waals surface area contributed by atoms with E-state index in [-0.39, 0.29) is 0 Å². The minimum atomic E-state index is -1.70. The zero-order valence-corrected chi connectivity index (χ0v) is 13.7. The fraction of sp³-hybridized carbons (Fsp3) is 1.00. The van der Waals surface area contributed by atoms with Crippen molar-refractivity contribution in [3.05, 3.63) is 0 Å². The van der Waals surface area contributed by atoms with Gasteiger partial charge in [-0.25, -0.2) is 0 Å². The van der Waals surface area contributed by atoms with Crippen molar-refractivity contribution >= 4 is 39.2 Å². The zero-order chi connectivity index (χ0) is 11.9. The largest absolute Gasteiger partial charge is 0.334 e. The second-order valence-corrected chi connectivity index (χ2v) is 14.7. The van der Waals surface area contributed by atoms with E-state index < -0.39 is 4.67 Å². The first kappa shape index (κ1) is 16.3. The summed E-state index contributed by atoms with van der Waals surface area (Å²) in [6.45, 7) is 11.7. The van der Waals surface area contributed by atoms with E-state index in [0.29, 0.717) is 10.5 Å². The van der Waals surface area contributed by atoms with Crippen LogP contribution in [0.3, 0.4) is 0 Å². The van der Waals surface area contributed by atoms with Gasteiger partial charge in [0.1, 0.15) is 0 Å². The van der Waals surface area contributed by atoms with Gasteiger partial charge in [0.2, 0.25) is 0 Å². The fourth-order valence-electron chi connectivity index (χ4n) is 0.834. The highest BCUT2D eigenvalue weighted by Crippen LogP contribution is 2.72. The van der Waals surface area contributed by atoms with Crippen LogP contribution in [-0.4, -0.2) is 17.1 Å². The normalized spacial score (nSPS) is 19.5. The second kappa shape index (κ2) is 8.41. The summed E-state index contributed by atoms with van der Waals surface area (Å²) < 4.78 is 4.13. The highest BCUT2D eigenvalue weighted by molar-refractivity contribution is 8.99. The fourth-order valence-corrected chi connectivity index (χ4v) is 13.2. The minimum Gasteiger partial charge on any atom is -0.334 e. The molecule has 0 saturated carbocycles. The predicted molar refractivity (Wildman–Crippen MR) is 80.6 cm³/mol. The Hall–Kier alpha value is 1.31. The maximum atomic E-state index is 5.83. The lowest BCUT2D eigenvalue weighted by atomic mass is 10.4. The summed E-state index contributed by atoms with van der Waals surface area (Å²) in [6.07, 6.45) is 2.33. The Labute approximate surface area is 108 Å². The summed E-state index contributed by atoms with van der Waals surface area (Å²) in [5.41, 5.74) is 0. The van der Waals surface area contributed by atoms with Gasteiger partial charge >= 0.3 is 0 Å². The molecule has 0 aliphatic carbocycles. The summed E-state index contributed by atoms with van der Waals surface area (Å²) in [5.74, 6) is 0. The molecule has 0 rings (SSSR count). The number of hydrogen-bond donors (Lipinski definition) is 0. The summed E-state index contributed by atoms with van der Waals surface area (Å²) in [7, 11) is 0. The monoisotopic (exact) mass is 286 g/mol. The van der Waals surface area contributed by atoms with E-state index in [0.717, 1.165) is 19.4 Å². The van der Waals surface area contributed by atoms with E-state index in [9.17, 15) is 0 Å². The van der Waals surface area contributed by atoms with Gasteiger partial charge in [-0.3, -0.25) is 0 Å². The van der Waals surface area contributed by atoms with Gasteiger partial charge in [0.25, 0.3) is 0 Å². The highest BCUT2D eigenvalue weighted by atomic mass is 33.2. The van der Waals surface area contributed by atoms with Gasteiger partial charge in [0, 0.05) is 10.5 Å². The minimum absolute atomic E-state index is 0.610. The van der Waals surface area contributed by atoms with E-state index in [1.165, 1.54) is 0 Å². The Balaban J connectivity index is 4.37. The average molecular weight is 286 g/mol. The second-order valence-electron chi connectivity index (χ2n) is 3.51. The van der Waals surface area contributed by atoms with Gasteiger partial charge < -0.3 is 4.52 Å². The van der Waals surface area contributed by atoms with Crippen LogP contribution < -0.4 is 0 Å². The molecular formula is C10H23OPS3. The number of hydrogen-bond acceptors (Lipinski definition) is 4. The molecule has 0 aromatic carbocycles.